The number of rotatable bonds is 0. The molecule has 0 amide bonds. The van der Waals surface area contributed by atoms with Crippen LogP contribution < -0.4 is 5.43 Å². The van der Waals surface area contributed by atoms with Gasteiger partial charge in [-0.1, -0.05) is 11.6 Å². The summed E-state index contributed by atoms with van der Waals surface area (Å²) in [6, 6.07) is 1.36. The van der Waals surface area contributed by atoms with E-state index in [0.29, 0.717) is 11.1 Å². The highest BCUT2D eigenvalue weighted by Crippen LogP contribution is 2.26. The summed E-state index contributed by atoms with van der Waals surface area (Å²) in [7, 11) is 0. The van der Waals surface area contributed by atoms with Gasteiger partial charge in [0.1, 0.15) is 10.8 Å². The molecule has 2 aromatic rings. The number of pyridine rings is 1. The lowest BCUT2D eigenvalue weighted by Crippen LogP contribution is -2.06. The third-order valence-corrected chi connectivity index (χ3v) is 3.26. The highest BCUT2D eigenvalue weighted by atomic mass is 79.9. The number of aromatic amines is 1. The Morgan fingerprint density at radius 2 is 2.20 bits per heavy atom. The summed E-state index contributed by atoms with van der Waals surface area (Å²) >= 11 is 8.72. The van der Waals surface area contributed by atoms with Gasteiger partial charge in [0, 0.05) is 6.20 Å². The topological polar surface area (TPSA) is 32.9 Å². The fraction of sp³-hybridized carbons (Fsp3) is 0.100. The summed E-state index contributed by atoms with van der Waals surface area (Å²) in [6.45, 7) is 1.72. The first kappa shape index (κ1) is 10.6. The Balaban J connectivity index is 3.12. The van der Waals surface area contributed by atoms with Crippen LogP contribution in [0, 0.1) is 12.7 Å². The molecule has 0 unspecified atom stereocenters. The average Bonchev–Trinajstić information content (AvgIpc) is 2.19. The number of aromatic nitrogens is 1. The van der Waals surface area contributed by atoms with Gasteiger partial charge in [0.2, 0.25) is 5.43 Å². The van der Waals surface area contributed by atoms with Crippen LogP contribution in [-0.4, -0.2) is 4.98 Å². The van der Waals surface area contributed by atoms with E-state index in [-0.39, 0.29) is 20.3 Å². The SMILES string of the molecule is Cc1cc(F)c(Br)c2c(=O)c(Cl)c[nH]c12. The van der Waals surface area contributed by atoms with Crippen molar-refractivity contribution >= 4 is 38.4 Å². The van der Waals surface area contributed by atoms with Crippen molar-refractivity contribution in [2.75, 3.05) is 0 Å². The van der Waals surface area contributed by atoms with Crippen molar-refractivity contribution in [1.29, 1.82) is 0 Å². The highest BCUT2D eigenvalue weighted by Gasteiger charge is 2.12. The van der Waals surface area contributed by atoms with E-state index in [4.69, 9.17) is 11.6 Å². The summed E-state index contributed by atoms with van der Waals surface area (Å²) < 4.78 is 13.5. The number of hydrogen-bond acceptors (Lipinski definition) is 1. The van der Waals surface area contributed by atoms with Crippen molar-refractivity contribution in [3.05, 3.63) is 43.4 Å². The molecule has 0 atom stereocenters. The molecule has 78 valence electrons. The molecule has 1 N–H and O–H groups in total. The smallest absolute Gasteiger partial charge is 0.209 e. The minimum atomic E-state index is -0.465. The van der Waals surface area contributed by atoms with Crippen LogP contribution in [0.15, 0.2) is 21.5 Å². The van der Waals surface area contributed by atoms with Gasteiger partial charge in [-0.25, -0.2) is 4.39 Å². The molecule has 0 fully saturated rings. The summed E-state index contributed by atoms with van der Waals surface area (Å²) in [5.74, 6) is -0.465. The zero-order valence-corrected chi connectivity index (χ0v) is 10.0. The summed E-state index contributed by atoms with van der Waals surface area (Å²) in [5.41, 5.74) is 0.886. The number of nitrogens with one attached hydrogen (secondary N) is 1. The third kappa shape index (κ3) is 1.58. The maximum Gasteiger partial charge on any atom is 0.209 e. The van der Waals surface area contributed by atoms with E-state index in [1.807, 2.05) is 0 Å². The number of aryl methyl sites for hydroxylation is 1. The normalized spacial score (nSPS) is 10.9. The van der Waals surface area contributed by atoms with E-state index < -0.39 is 5.82 Å². The third-order valence-electron chi connectivity index (χ3n) is 2.20. The van der Waals surface area contributed by atoms with Gasteiger partial charge >= 0.3 is 0 Å². The minimum absolute atomic E-state index is 0.0493. The molecule has 0 saturated carbocycles. The standard InChI is InChI=1S/C10H6BrClFNO/c1-4-2-6(13)8(11)7-9(4)14-3-5(12)10(7)15/h2-3H,1H3,(H,14,15). The first-order valence-corrected chi connectivity index (χ1v) is 5.35. The Hall–Kier alpha value is -0.870. The molecule has 1 heterocycles. The van der Waals surface area contributed by atoms with Crippen molar-refractivity contribution in [2.45, 2.75) is 6.92 Å². The zero-order chi connectivity index (χ0) is 11.2. The average molecular weight is 291 g/mol. The fourth-order valence-electron chi connectivity index (χ4n) is 1.47. The molecule has 0 radical (unpaired) electrons. The number of H-pyrrole nitrogens is 1. The second kappa shape index (κ2) is 3.61. The van der Waals surface area contributed by atoms with Crippen LogP contribution in [0.1, 0.15) is 5.56 Å². The summed E-state index contributed by atoms with van der Waals surface area (Å²) in [5, 5.41) is 0.299. The van der Waals surface area contributed by atoms with Gasteiger partial charge in [0.25, 0.3) is 0 Å². The molecule has 2 nitrogen and oxygen atoms in total. The van der Waals surface area contributed by atoms with E-state index in [9.17, 15) is 9.18 Å². The Bertz CT molecular complexity index is 608. The van der Waals surface area contributed by atoms with Gasteiger partial charge in [0.05, 0.1) is 15.4 Å². The van der Waals surface area contributed by atoms with Crippen molar-refractivity contribution in [1.82, 2.24) is 4.98 Å². The summed E-state index contributed by atoms with van der Waals surface area (Å²) in [6.07, 6.45) is 1.41. The quantitative estimate of drug-likeness (QED) is 0.792. The summed E-state index contributed by atoms with van der Waals surface area (Å²) in [4.78, 5) is 14.6. The van der Waals surface area contributed by atoms with Crippen LogP contribution in [0.2, 0.25) is 5.02 Å². The molecular formula is C10H6BrClFNO. The van der Waals surface area contributed by atoms with Crippen LogP contribution in [-0.2, 0) is 0 Å². The van der Waals surface area contributed by atoms with E-state index in [2.05, 4.69) is 20.9 Å². The monoisotopic (exact) mass is 289 g/mol. The molecule has 0 aliphatic rings. The number of halogens is 3. The second-order valence-electron chi connectivity index (χ2n) is 3.21. The molecule has 1 aromatic heterocycles. The molecule has 1 aromatic carbocycles. The Kier molecular flexibility index (Phi) is 2.56. The number of benzene rings is 1. The molecule has 0 bridgehead atoms. The first-order valence-electron chi connectivity index (χ1n) is 4.18. The number of fused-ring (bicyclic) bond motifs is 1. The molecule has 15 heavy (non-hydrogen) atoms. The minimum Gasteiger partial charge on any atom is -0.359 e. The maximum atomic E-state index is 13.4. The molecule has 0 saturated heterocycles. The van der Waals surface area contributed by atoms with Gasteiger partial charge in [-0.05, 0) is 34.5 Å². The van der Waals surface area contributed by atoms with Gasteiger partial charge in [0.15, 0.2) is 0 Å². The maximum absolute atomic E-state index is 13.4. The van der Waals surface area contributed by atoms with E-state index in [1.165, 1.54) is 12.3 Å². The first-order chi connectivity index (χ1) is 7.02. The molecular weight excluding hydrogens is 284 g/mol. The molecule has 0 aliphatic heterocycles. The predicted octanol–water partition coefficient (Wildman–Crippen LogP) is 3.39. The van der Waals surface area contributed by atoms with Gasteiger partial charge in [-0.2, -0.15) is 0 Å². The van der Waals surface area contributed by atoms with Crippen LogP contribution in [0.5, 0.6) is 0 Å². The lowest BCUT2D eigenvalue weighted by Gasteiger charge is -2.05. The molecule has 0 spiro atoms. The molecule has 0 aliphatic carbocycles. The zero-order valence-electron chi connectivity index (χ0n) is 7.70. The highest BCUT2D eigenvalue weighted by molar-refractivity contribution is 9.10. The largest absolute Gasteiger partial charge is 0.359 e. The fourth-order valence-corrected chi connectivity index (χ4v) is 2.11. The van der Waals surface area contributed by atoms with Crippen LogP contribution >= 0.6 is 27.5 Å². The molecule has 2 rings (SSSR count). The van der Waals surface area contributed by atoms with Crippen molar-refractivity contribution in [3.8, 4) is 0 Å². The Morgan fingerprint density at radius 1 is 1.53 bits per heavy atom. The Labute approximate surface area is 98.2 Å². The van der Waals surface area contributed by atoms with Crippen LogP contribution in [0.3, 0.4) is 0 Å². The number of hydrogen-bond donors (Lipinski definition) is 1. The molecule has 5 heteroatoms. The van der Waals surface area contributed by atoms with Gasteiger partial charge < -0.3 is 4.98 Å². The van der Waals surface area contributed by atoms with E-state index in [0.717, 1.165) is 0 Å². The second-order valence-corrected chi connectivity index (χ2v) is 4.41. The van der Waals surface area contributed by atoms with Crippen molar-refractivity contribution < 1.29 is 4.39 Å². The van der Waals surface area contributed by atoms with E-state index in [1.54, 1.807) is 6.92 Å². The van der Waals surface area contributed by atoms with E-state index >= 15 is 0 Å². The van der Waals surface area contributed by atoms with Crippen molar-refractivity contribution in [3.63, 3.8) is 0 Å². The van der Waals surface area contributed by atoms with Crippen molar-refractivity contribution in [2.24, 2.45) is 0 Å². The lowest BCUT2D eigenvalue weighted by atomic mass is 10.1. The predicted molar refractivity (Wildman–Crippen MR) is 62.0 cm³/mol. The van der Waals surface area contributed by atoms with Gasteiger partial charge in [-0.15, -0.1) is 0 Å². The lowest BCUT2D eigenvalue weighted by molar-refractivity contribution is 0.622. The van der Waals surface area contributed by atoms with Gasteiger partial charge in [-0.3, -0.25) is 4.79 Å². The van der Waals surface area contributed by atoms with Crippen LogP contribution in [0.4, 0.5) is 4.39 Å². The Morgan fingerprint density at radius 3 is 2.87 bits per heavy atom. The van der Waals surface area contributed by atoms with Crippen LogP contribution in [0.25, 0.3) is 10.9 Å².